The molecule has 0 aliphatic carbocycles. The van der Waals surface area contributed by atoms with E-state index in [2.05, 4.69) is 0 Å². The van der Waals surface area contributed by atoms with Gasteiger partial charge in [-0.2, -0.15) is 0 Å². The van der Waals surface area contributed by atoms with Crippen LogP contribution in [0.4, 0.5) is 26.3 Å². The van der Waals surface area contributed by atoms with Crippen molar-refractivity contribution in [3.05, 3.63) is 57.2 Å². The van der Waals surface area contributed by atoms with E-state index in [-0.39, 0.29) is 0 Å². The van der Waals surface area contributed by atoms with Gasteiger partial charge in [0.25, 0.3) is 0 Å². The molecular formula is C22H30F6. The van der Waals surface area contributed by atoms with E-state index in [0.717, 1.165) is 27.7 Å². The minimum atomic E-state index is -1.41. The Morgan fingerprint density at radius 2 is 0.464 bits per heavy atom. The highest BCUT2D eigenvalue weighted by Crippen LogP contribution is 2.38. The van der Waals surface area contributed by atoms with E-state index in [1.54, 1.807) is 0 Å². The summed E-state index contributed by atoms with van der Waals surface area (Å²) in [5.41, 5.74) is -4.31. The largest absolute Gasteiger partial charge is 0.206 e. The average molecular weight is 408 g/mol. The van der Waals surface area contributed by atoms with Crippen LogP contribution in [0.1, 0.15) is 63.8 Å². The summed E-state index contributed by atoms with van der Waals surface area (Å²) in [5, 5.41) is 0. The number of hydrogen-bond donors (Lipinski definition) is 0. The van der Waals surface area contributed by atoms with Crippen molar-refractivity contribution < 1.29 is 26.3 Å². The van der Waals surface area contributed by atoms with Gasteiger partial charge in [0.15, 0.2) is 0 Å². The van der Waals surface area contributed by atoms with Gasteiger partial charge in [0, 0.05) is 22.3 Å². The van der Waals surface area contributed by atoms with Crippen LogP contribution in [0.2, 0.25) is 0 Å². The second kappa shape index (κ2) is 12.5. The molecule has 0 nitrogen and oxygen atoms in total. The van der Waals surface area contributed by atoms with Gasteiger partial charge >= 0.3 is 0 Å². The molecule has 6 heteroatoms. The van der Waals surface area contributed by atoms with Crippen LogP contribution < -0.4 is 0 Å². The molecule has 0 aliphatic rings. The lowest BCUT2D eigenvalue weighted by Crippen LogP contribution is -2.08. The fraction of sp³-hybridized carbons (Fsp3) is 0.455. The van der Waals surface area contributed by atoms with Crippen molar-refractivity contribution in [1.82, 2.24) is 0 Å². The normalized spacial score (nSPS) is 9.43. The van der Waals surface area contributed by atoms with Gasteiger partial charge in [0.1, 0.15) is 34.9 Å². The van der Waals surface area contributed by atoms with Crippen LogP contribution in [0.3, 0.4) is 0 Å². The van der Waals surface area contributed by atoms with Gasteiger partial charge in [-0.05, 0) is 27.7 Å². The van der Waals surface area contributed by atoms with E-state index in [9.17, 15) is 26.3 Å². The summed E-state index contributed by atoms with van der Waals surface area (Å²) < 4.78 is 84.1. The topological polar surface area (TPSA) is 0 Å². The third-order valence-electron chi connectivity index (χ3n) is 3.76. The molecule has 28 heavy (non-hydrogen) atoms. The Labute approximate surface area is 164 Å². The van der Waals surface area contributed by atoms with Gasteiger partial charge in [-0.3, -0.25) is 0 Å². The van der Waals surface area contributed by atoms with Crippen LogP contribution in [0.15, 0.2) is 0 Å². The van der Waals surface area contributed by atoms with Gasteiger partial charge in [-0.25, -0.2) is 26.3 Å². The van der Waals surface area contributed by atoms with Crippen molar-refractivity contribution in [2.45, 2.75) is 69.2 Å². The molecule has 0 spiro atoms. The lowest BCUT2D eigenvalue weighted by molar-refractivity contribution is 0.508. The highest BCUT2D eigenvalue weighted by molar-refractivity contribution is 5.70. The first kappa shape index (κ1) is 28.2. The van der Waals surface area contributed by atoms with Gasteiger partial charge in [-0.15, -0.1) is 0 Å². The monoisotopic (exact) mass is 408 g/mol. The average Bonchev–Trinajstić information content (AvgIpc) is 2.74. The number of hydrogen-bond acceptors (Lipinski definition) is 0. The molecule has 2 aromatic carbocycles. The van der Waals surface area contributed by atoms with Gasteiger partial charge in [0.2, 0.25) is 0 Å². The summed E-state index contributed by atoms with van der Waals surface area (Å²) >= 11 is 0. The molecule has 0 saturated carbocycles. The molecule has 0 unspecified atom stereocenters. The SMILES string of the molecule is CC.CC.CC.Cc1c(F)c(C)c(F)c(-c2c(F)c(C)c(F)c(C)c2F)c1F. The van der Waals surface area contributed by atoms with Crippen LogP contribution in [-0.2, 0) is 0 Å². The summed E-state index contributed by atoms with van der Waals surface area (Å²) in [6.45, 7) is 16.1. The summed E-state index contributed by atoms with van der Waals surface area (Å²) in [5.74, 6) is -7.91. The summed E-state index contributed by atoms with van der Waals surface area (Å²) in [6.07, 6.45) is 0. The van der Waals surface area contributed by atoms with Crippen LogP contribution in [0.5, 0.6) is 0 Å². The van der Waals surface area contributed by atoms with Gasteiger partial charge in [-0.1, -0.05) is 41.5 Å². The molecule has 160 valence electrons. The molecule has 0 saturated heterocycles. The first-order valence-electron chi connectivity index (χ1n) is 9.38. The molecule has 0 amide bonds. The van der Waals surface area contributed by atoms with E-state index < -0.39 is 68.3 Å². The Morgan fingerprint density at radius 1 is 0.321 bits per heavy atom. The quantitative estimate of drug-likeness (QED) is 0.415. The zero-order chi connectivity index (χ0) is 22.9. The van der Waals surface area contributed by atoms with Crippen LogP contribution in [-0.4, -0.2) is 0 Å². The predicted octanol–water partition coefficient (Wildman–Crippen LogP) is 8.50. The van der Waals surface area contributed by atoms with Crippen molar-refractivity contribution in [2.24, 2.45) is 0 Å². The van der Waals surface area contributed by atoms with Gasteiger partial charge < -0.3 is 0 Å². The van der Waals surface area contributed by atoms with Crippen LogP contribution >= 0.6 is 0 Å². The van der Waals surface area contributed by atoms with Crippen molar-refractivity contribution >= 4 is 0 Å². The zero-order valence-electron chi connectivity index (χ0n) is 18.3. The number of halogens is 6. The van der Waals surface area contributed by atoms with Crippen molar-refractivity contribution in [2.75, 3.05) is 0 Å². The molecule has 0 radical (unpaired) electrons. The zero-order valence-corrected chi connectivity index (χ0v) is 18.3. The first-order valence-corrected chi connectivity index (χ1v) is 9.38. The van der Waals surface area contributed by atoms with E-state index in [1.165, 1.54) is 0 Å². The first-order chi connectivity index (χ1) is 13.1. The summed E-state index contributed by atoms with van der Waals surface area (Å²) in [6, 6.07) is 0. The molecule has 0 heterocycles. The Kier molecular flexibility index (Phi) is 12.6. The molecule has 0 bridgehead atoms. The molecular weight excluding hydrogens is 378 g/mol. The van der Waals surface area contributed by atoms with Crippen molar-refractivity contribution in [3.8, 4) is 11.1 Å². The van der Waals surface area contributed by atoms with E-state index in [4.69, 9.17) is 0 Å². The minimum Gasteiger partial charge on any atom is -0.206 e. The maximum atomic E-state index is 14.2. The van der Waals surface area contributed by atoms with Crippen molar-refractivity contribution in [3.63, 3.8) is 0 Å². The number of benzene rings is 2. The Bertz CT molecular complexity index is 669. The van der Waals surface area contributed by atoms with E-state index >= 15 is 0 Å². The Balaban J connectivity index is 0. The predicted molar refractivity (Wildman–Crippen MR) is 105 cm³/mol. The smallest absolute Gasteiger partial charge is 0.140 e. The molecule has 2 rings (SSSR count). The summed E-state index contributed by atoms with van der Waals surface area (Å²) in [4.78, 5) is 0. The second-order valence-electron chi connectivity index (χ2n) is 5.13. The van der Waals surface area contributed by atoms with Crippen LogP contribution in [0, 0.1) is 62.6 Å². The Hall–Kier alpha value is -1.98. The molecule has 0 aromatic heterocycles. The maximum Gasteiger partial charge on any atom is 0.140 e. The minimum absolute atomic E-state index is 0.563. The van der Waals surface area contributed by atoms with Crippen molar-refractivity contribution in [1.29, 1.82) is 0 Å². The molecule has 0 fully saturated rings. The van der Waals surface area contributed by atoms with Crippen LogP contribution in [0.25, 0.3) is 11.1 Å². The maximum absolute atomic E-state index is 14.2. The lowest BCUT2D eigenvalue weighted by Gasteiger charge is -2.16. The highest BCUT2D eigenvalue weighted by Gasteiger charge is 2.29. The highest BCUT2D eigenvalue weighted by atomic mass is 19.2. The Morgan fingerprint density at radius 3 is 0.607 bits per heavy atom. The van der Waals surface area contributed by atoms with Gasteiger partial charge in [0.05, 0.1) is 11.1 Å². The third-order valence-corrected chi connectivity index (χ3v) is 3.76. The number of rotatable bonds is 1. The molecule has 2 aromatic rings. The fourth-order valence-corrected chi connectivity index (χ4v) is 2.33. The second-order valence-corrected chi connectivity index (χ2v) is 5.13. The molecule has 0 aliphatic heterocycles. The fourth-order valence-electron chi connectivity index (χ4n) is 2.33. The molecule has 0 N–H and O–H groups in total. The standard InChI is InChI=1S/C16H12F6.3C2H6/c1-5-11(17)6(2)14(20)9(13(5)19)10-15(21)7(3)12(18)8(4)16(10)22;3*1-2/h1-4H3;3*1-2H3. The third kappa shape index (κ3) is 5.09. The van der Waals surface area contributed by atoms with E-state index in [1.807, 2.05) is 41.5 Å². The lowest BCUT2D eigenvalue weighted by atomic mass is 9.94. The molecule has 0 atom stereocenters. The summed E-state index contributed by atoms with van der Waals surface area (Å²) in [7, 11) is 0. The van der Waals surface area contributed by atoms with E-state index in [0.29, 0.717) is 0 Å².